The van der Waals surface area contributed by atoms with Crippen molar-refractivity contribution in [3.63, 3.8) is 0 Å². The first-order valence-electron chi connectivity index (χ1n) is 6.58. The molecule has 1 heterocycles. The fourth-order valence-corrected chi connectivity index (χ4v) is 2.03. The average molecular weight is 254 g/mol. The molecule has 0 aliphatic heterocycles. The minimum atomic E-state index is 0.643. The first-order chi connectivity index (χ1) is 8.67. The summed E-state index contributed by atoms with van der Waals surface area (Å²) in [5, 5.41) is 3.16. The Kier molecular flexibility index (Phi) is 7.01. The van der Waals surface area contributed by atoms with Crippen molar-refractivity contribution in [1.29, 1.82) is 0 Å². The first kappa shape index (κ1) is 15.2. The first-order valence-corrected chi connectivity index (χ1v) is 6.58. The maximum atomic E-state index is 5.59. The summed E-state index contributed by atoms with van der Waals surface area (Å²) in [6.45, 7) is 8.93. The Hall–Kier alpha value is -0.840. The number of ether oxygens (including phenoxy) is 1. The molecular formula is C14H26N2O2. The van der Waals surface area contributed by atoms with Crippen LogP contribution in [0.25, 0.3) is 0 Å². The molecular weight excluding hydrogens is 228 g/mol. The molecule has 0 unspecified atom stereocenters. The van der Waals surface area contributed by atoms with Gasteiger partial charge in [0, 0.05) is 32.3 Å². The van der Waals surface area contributed by atoms with Crippen LogP contribution in [0.15, 0.2) is 16.7 Å². The van der Waals surface area contributed by atoms with E-state index >= 15 is 0 Å². The Balaban J connectivity index is 2.59. The summed E-state index contributed by atoms with van der Waals surface area (Å²) in [4.78, 5) is 2.38. The van der Waals surface area contributed by atoms with Gasteiger partial charge in [-0.2, -0.15) is 0 Å². The van der Waals surface area contributed by atoms with Crippen LogP contribution in [0.1, 0.15) is 25.2 Å². The number of rotatable bonds is 9. The van der Waals surface area contributed by atoms with Gasteiger partial charge in [-0.15, -0.1) is 0 Å². The third kappa shape index (κ3) is 5.21. The van der Waals surface area contributed by atoms with Crippen LogP contribution in [0, 0.1) is 5.92 Å². The van der Waals surface area contributed by atoms with Crippen molar-refractivity contribution in [3.8, 4) is 0 Å². The molecule has 0 saturated carbocycles. The maximum absolute atomic E-state index is 5.59. The van der Waals surface area contributed by atoms with E-state index < -0.39 is 0 Å². The van der Waals surface area contributed by atoms with Crippen LogP contribution in [-0.2, 0) is 17.8 Å². The van der Waals surface area contributed by atoms with E-state index in [4.69, 9.17) is 9.15 Å². The van der Waals surface area contributed by atoms with Crippen LogP contribution in [0.5, 0.6) is 0 Å². The second-order valence-electron chi connectivity index (χ2n) is 5.02. The van der Waals surface area contributed by atoms with Crippen LogP contribution in [-0.4, -0.2) is 38.8 Å². The highest BCUT2D eigenvalue weighted by molar-refractivity contribution is 5.16. The number of hydrogen-bond donors (Lipinski definition) is 1. The summed E-state index contributed by atoms with van der Waals surface area (Å²) in [5.74, 6) is 1.70. The molecule has 1 N–H and O–H groups in total. The molecule has 0 aromatic carbocycles. The minimum Gasteiger partial charge on any atom is -0.468 e. The van der Waals surface area contributed by atoms with Crippen LogP contribution < -0.4 is 5.32 Å². The van der Waals surface area contributed by atoms with Crippen molar-refractivity contribution in [3.05, 3.63) is 23.7 Å². The van der Waals surface area contributed by atoms with Crippen LogP contribution in [0.3, 0.4) is 0 Å². The molecule has 104 valence electrons. The zero-order chi connectivity index (χ0) is 13.4. The van der Waals surface area contributed by atoms with Gasteiger partial charge in [-0.25, -0.2) is 0 Å². The van der Waals surface area contributed by atoms with Gasteiger partial charge in [0.15, 0.2) is 0 Å². The Labute approximate surface area is 110 Å². The maximum Gasteiger partial charge on any atom is 0.122 e. The zero-order valence-electron chi connectivity index (χ0n) is 12.0. The number of methoxy groups -OCH3 is 1. The lowest BCUT2D eigenvalue weighted by Gasteiger charge is -2.23. The van der Waals surface area contributed by atoms with Crippen molar-refractivity contribution in [2.45, 2.75) is 26.9 Å². The highest BCUT2D eigenvalue weighted by atomic mass is 16.5. The normalized spacial score (nSPS) is 11.7. The molecule has 0 spiro atoms. The molecule has 0 saturated heterocycles. The average Bonchev–Trinajstić information content (AvgIpc) is 2.73. The monoisotopic (exact) mass is 254 g/mol. The van der Waals surface area contributed by atoms with E-state index in [1.807, 2.05) is 13.1 Å². The van der Waals surface area contributed by atoms with E-state index in [-0.39, 0.29) is 0 Å². The highest BCUT2D eigenvalue weighted by Gasteiger charge is 2.13. The van der Waals surface area contributed by atoms with E-state index in [1.54, 1.807) is 13.4 Å². The molecule has 4 nitrogen and oxygen atoms in total. The molecule has 0 radical (unpaired) electrons. The number of nitrogens with zero attached hydrogens (tertiary/aromatic N) is 1. The van der Waals surface area contributed by atoms with Crippen molar-refractivity contribution in [2.75, 3.05) is 33.9 Å². The number of furan rings is 1. The second-order valence-corrected chi connectivity index (χ2v) is 5.02. The van der Waals surface area contributed by atoms with Crippen molar-refractivity contribution in [1.82, 2.24) is 10.2 Å². The van der Waals surface area contributed by atoms with Gasteiger partial charge >= 0.3 is 0 Å². The van der Waals surface area contributed by atoms with Gasteiger partial charge in [0.05, 0.1) is 19.4 Å². The Morgan fingerprint density at radius 1 is 1.44 bits per heavy atom. The van der Waals surface area contributed by atoms with Gasteiger partial charge in [0.1, 0.15) is 5.76 Å². The van der Waals surface area contributed by atoms with Crippen molar-refractivity contribution < 1.29 is 9.15 Å². The third-order valence-electron chi connectivity index (χ3n) is 2.81. The summed E-state index contributed by atoms with van der Waals surface area (Å²) in [6, 6.07) is 2.04. The molecule has 1 aromatic rings. The number of hydrogen-bond acceptors (Lipinski definition) is 4. The Morgan fingerprint density at radius 2 is 2.22 bits per heavy atom. The van der Waals surface area contributed by atoms with Gasteiger partial charge in [0.2, 0.25) is 0 Å². The second kappa shape index (κ2) is 8.29. The van der Waals surface area contributed by atoms with Gasteiger partial charge in [-0.1, -0.05) is 13.8 Å². The van der Waals surface area contributed by atoms with E-state index in [0.29, 0.717) is 5.92 Å². The molecule has 1 aromatic heterocycles. The standard InChI is InChI=1S/C14H26N2O2/c1-12(2)10-16(6-8-17-4)11-14-13(9-15-3)5-7-18-14/h5,7,12,15H,6,8-11H2,1-4H3. The van der Waals surface area contributed by atoms with Crippen molar-refractivity contribution >= 4 is 0 Å². The predicted octanol–water partition coefficient (Wildman–Crippen LogP) is 2.10. The highest BCUT2D eigenvalue weighted by Crippen LogP contribution is 2.14. The van der Waals surface area contributed by atoms with Crippen LogP contribution >= 0.6 is 0 Å². The van der Waals surface area contributed by atoms with Gasteiger partial charge in [-0.05, 0) is 19.0 Å². The van der Waals surface area contributed by atoms with E-state index in [2.05, 4.69) is 24.1 Å². The quantitative estimate of drug-likeness (QED) is 0.732. The topological polar surface area (TPSA) is 37.6 Å². The van der Waals surface area contributed by atoms with E-state index in [9.17, 15) is 0 Å². The molecule has 0 fully saturated rings. The fraction of sp³-hybridized carbons (Fsp3) is 0.714. The summed E-state index contributed by atoms with van der Waals surface area (Å²) in [6.07, 6.45) is 1.77. The lowest BCUT2D eigenvalue weighted by molar-refractivity contribution is 0.130. The lowest BCUT2D eigenvalue weighted by atomic mass is 10.2. The molecule has 4 heteroatoms. The number of nitrogens with one attached hydrogen (secondary N) is 1. The summed E-state index contributed by atoms with van der Waals surface area (Å²) >= 11 is 0. The molecule has 0 aliphatic rings. The smallest absolute Gasteiger partial charge is 0.122 e. The fourth-order valence-electron chi connectivity index (χ4n) is 2.03. The molecule has 0 bridgehead atoms. The van der Waals surface area contributed by atoms with E-state index in [0.717, 1.165) is 38.5 Å². The summed E-state index contributed by atoms with van der Waals surface area (Å²) in [5.41, 5.74) is 1.24. The largest absolute Gasteiger partial charge is 0.468 e. The molecule has 18 heavy (non-hydrogen) atoms. The SMILES string of the molecule is CNCc1ccoc1CN(CCOC)CC(C)C. The van der Waals surface area contributed by atoms with Gasteiger partial charge < -0.3 is 14.5 Å². The minimum absolute atomic E-state index is 0.643. The van der Waals surface area contributed by atoms with Crippen LogP contribution in [0.2, 0.25) is 0 Å². The summed E-state index contributed by atoms with van der Waals surface area (Å²) < 4.78 is 10.8. The van der Waals surface area contributed by atoms with E-state index in [1.165, 1.54) is 5.56 Å². The van der Waals surface area contributed by atoms with Gasteiger partial charge in [0.25, 0.3) is 0 Å². The molecule has 0 amide bonds. The molecule has 0 aliphatic carbocycles. The zero-order valence-corrected chi connectivity index (χ0v) is 12.0. The Bertz CT molecular complexity index is 323. The lowest BCUT2D eigenvalue weighted by Crippen LogP contribution is -2.31. The molecule has 0 atom stereocenters. The molecule has 1 rings (SSSR count). The predicted molar refractivity (Wildman–Crippen MR) is 73.5 cm³/mol. The summed E-state index contributed by atoms with van der Waals surface area (Å²) in [7, 11) is 3.69. The van der Waals surface area contributed by atoms with Crippen LogP contribution in [0.4, 0.5) is 0 Å². The third-order valence-corrected chi connectivity index (χ3v) is 2.81. The van der Waals surface area contributed by atoms with Gasteiger partial charge in [-0.3, -0.25) is 4.90 Å². The Morgan fingerprint density at radius 3 is 2.83 bits per heavy atom. The van der Waals surface area contributed by atoms with Crippen molar-refractivity contribution in [2.24, 2.45) is 5.92 Å².